The van der Waals surface area contributed by atoms with E-state index in [2.05, 4.69) is 5.92 Å². The maximum atomic E-state index is 11.8. The minimum Gasteiger partial charge on any atom is -0.466 e. The van der Waals surface area contributed by atoms with E-state index in [9.17, 15) is 9.59 Å². The van der Waals surface area contributed by atoms with E-state index in [1.54, 1.807) is 0 Å². The zero-order valence-electron chi connectivity index (χ0n) is 15.8. The second kappa shape index (κ2) is 6.87. The van der Waals surface area contributed by atoms with Gasteiger partial charge in [0, 0.05) is 18.8 Å². The highest BCUT2D eigenvalue weighted by molar-refractivity contribution is 5.91. The minimum atomic E-state index is -0.214. The summed E-state index contributed by atoms with van der Waals surface area (Å²) >= 11 is 0. The highest BCUT2D eigenvalue weighted by atomic mass is 16.5. The summed E-state index contributed by atoms with van der Waals surface area (Å²) in [5, 5.41) is 0. The van der Waals surface area contributed by atoms with Gasteiger partial charge in [0.2, 0.25) is 0 Å². The van der Waals surface area contributed by atoms with E-state index < -0.39 is 0 Å². The monoisotopic (exact) mass is 354 g/mol. The van der Waals surface area contributed by atoms with Crippen LogP contribution in [0.15, 0.2) is 11.6 Å². The third-order valence-corrected chi connectivity index (χ3v) is 8.01. The zero-order valence-corrected chi connectivity index (χ0v) is 15.8. The molecule has 4 aliphatic carbocycles. The Morgan fingerprint density at radius 1 is 1.19 bits per heavy atom. The van der Waals surface area contributed by atoms with Crippen LogP contribution in [0.5, 0.6) is 0 Å². The van der Waals surface area contributed by atoms with E-state index in [4.69, 9.17) is 11.2 Å². The second-order valence-electron chi connectivity index (χ2n) is 8.97. The average Bonchev–Trinajstić information content (AvgIpc) is 3.00. The Bertz CT molecular complexity index is 669. The predicted molar refractivity (Wildman–Crippen MR) is 100.0 cm³/mol. The highest BCUT2D eigenvalue weighted by Gasteiger charge is 2.55. The first-order valence-electron chi connectivity index (χ1n) is 10.4. The van der Waals surface area contributed by atoms with Crippen molar-refractivity contribution in [3.8, 4) is 12.3 Å². The number of ether oxygens (including phenoxy) is 1. The molecule has 0 bridgehead atoms. The second-order valence-corrected chi connectivity index (χ2v) is 8.97. The van der Waals surface area contributed by atoms with Gasteiger partial charge in [0.05, 0.1) is 6.61 Å². The molecule has 4 rings (SSSR count). The van der Waals surface area contributed by atoms with Crippen LogP contribution < -0.4 is 0 Å². The SMILES string of the molecule is C#CC1(CCOC(C)=O)CC[C@H]2[C@@H]3CCC4=CC(=O)CC[C@@H]4[C@H]3CC[C@@H]21. The molecule has 140 valence electrons. The van der Waals surface area contributed by atoms with Gasteiger partial charge in [-0.05, 0) is 87.0 Å². The molecule has 0 N–H and O–H groups in total. The summed E-state index contributed by atoms with van der Waals surface area (Å²) in [6, 6.07) is 0. The van der Waals surface area contributed by atoms with Gasteiger partial charge in [0.25, 0.3) is 0 Å². The lowest BCUT2D eigenvalue weighted by Gasteiger charge is -2.50. The van der Waals surface area contributed by atoms with Crippen molar-refractivity contribution in [1.82, 2.24) is 0 Å². The predicted octanol–water partition coefficient (Wildman–Crippen LogP) is 4.31. The Kier molecular flexibility index (Phi) is 4.71. The molecular weight excluding hydrogens is 324 g/mol. The first-order valence-corrected chi connectivity index (χ1v) is 10.4. The molecule has 0 aromatic carbocycles. The van der Waals surface area contributed by atoms with Crippen LogP contribution in [0, 0.1) is 47.3 Å². The van der Waals surface area contributed by atoms with E-state index in [0.717, 1.165) is 49.9 Å². The summed E-state index contributed by atoms with van der Waals surface area (Å²) in [7, 11) is 0. The van der Waals surface area contributed by atoms with Gasteiger partial charge in [0.15, 0.2) is 5.78 Å². The molecule has 0 spiro atoms. The maximum absolute atomic E-state index is 11.8. The minimum absolute atomic E-state index is 0.0796. The van der Waals surface area contributed by atoms with Crippen molar-refractivity contribution >= 4 is 11.8 Å². The molecule has 0 heterocycles. The van der Waals surface area contributed by atoms with Gasteiger partial charge in [-0.1, -0.05) is 11.5 Å². The van der Waals surface area contributed by atoms with Gasteiger partial charge in [-0.25, -0.2) is 0 Å². The number of esters is 1. The number of terminal acetylenes is 1. The van der Waals surface area contributed by atoms with Gasteiger partial charge < -0.3 is 4.74 Å². The Balaban J connectivity index is 1.50. The highest BCUT2D eigenvalue weighted by Crippen LogP contribution is 2.62. The van der Waals surface area contributed by atoms with Crippen molar-refractivity contribution in [3.63, 3.8) is 0 Å². The molecule has 6 atom stereocenters. The summed E-state index contributed by atoms with van der Waals surface area (Å²) in [5.41, 5.74) is 1.36. The number of allylic oxidation sites excluding steroid dienone is 1. The Morgan fingerprint density at radius 2 is 2.04 bits per heavy atom. The van der Waals surface area contributed by atoms with E-state index in [1.807, 2.05) is 6.08 Å². The van der Waals surface area contributed by atoms with E-state index in [0.29, 0.717) is 24.2 Å². The fourth-order valence-electron chi connectivity index (χ4n) is 6.94. The van der Waals surface area contributed by atoms with Crippen LogP contribution in [0.1, 0.15) is 64.7 Å². The zero-order chi connectivity index (χ0) is 18.3. The molecule has 3 heteroatoms. The molecule has 0 saturated heterocycles. The quantitative estimate of drug-likeness (QED) is 0.560. The Morgan fingerprint density at radius 3 is 2.81 bits per heavy atom. The average molecular weight is 354 g/mol. The molecule has 3 fully saturated rings. The van der Waals surface area contributed by atoms with Gasteiger partial charge in [0.1, 0.15) is 0 Å². The fourth-order valence-corrected chi connectivity index (χ4v) is 6.94. The lowest BCUT2D eigenvalue weighted by atomic mass is 9.54. The number of carbonyl (C=O) groups excluding carboxylic acids is 2. The lowest BCUT2D eigenvalue weighted by molar-refractivity contribution is -0.141. The van der Waals surface area contributed by atoms with Crippen molar-refractivity contribution in [2.75, 3.05) is 6.61 Å². The number of carbonyl (C=O) groups is 2. The molecule has 0 aliphatic heterocycles. The number of hydrogen-bond acceptors (Lipinski definition) is 3. The molecule has 0 radical (unpaired) electrons. The summed E-state index contributed by atoms with van der Waals surface area (Å²) in [6.45, 7) is 1.92. The molecule has 4 aliphatic rings. The van der Waals surface area contributed by atoms with Crippen LogP contribution in [-0.4, -0.2) is 18.4 Å². The van der Waals surface area contributed by atoms with Crippen LogP contribution in [-0.2, 0) is 14.3 Å². The normalized spacial score (nSPS) is 41.3. The molecule has 0 aromatic rings. The Hall–Kier alpha value is -1.56. The standard InChI is InChI=1S/C23H30O3/c1-3-23(12-13-26-15(2)24)11-10-21-20-6-4-16-14-17(25)5-7-18(16)19(20)8-9-22(21)23/h1,14,18-22H,4-13H2,2H3/t18-,19+,20+,21-,22-,23?/m0/s1. The Labute approximate surface area is 156 Å². The van der Waals surface area contributed by atoms with E-state index >= 15 is 0 Å². The van der Waals surface area contributed by atoms with Crippen LogP contribution in [0.2, 0.25) is 0 Å². The maximum Gasteiger partial charge on any atom is 0.302 e. The molecule has 0 amide bonds. The fraction of sp³-hybridized carbons (Fsp3) is 0.739. The summed E-state index contributed by atoms with van der Waals surface area (Å²) < 4.78 is 5.22. The third-order valence-electron chi connectivity index (χ3n) is 8.01. The number of hydrogen-bond donors (Lipinski definition) is 0. The number of rotatable bonds is 3. The first-order chi connectivity index (χ1) is 12.5. The molecule has 1 unspecified atom stereocenters. The molecule has 3 saturated carbocycles. The van der Waals surface area contributed by atoms with Gasteiger partial charge in [-0.15, -0.1) is 6.42 Å². The van der Waals surface area contributed by atoms with Crippen molar-refractivity contribution in [1.29, 1.82) is 0 Å². The number of ketones is 1. The van der Waals surface area contributed by atoms with Gasteiger partial charge in [-0.2, -0.15) is 0 Å². The van der Waals surface area contributed by atoms with Gasteiger partial charge in [-0.3, -0.25) is 9.59 Å². The van der Waals surface area contributed by atoms with Crippen LogP contribution >= 0.6 is 0 Å². The van der Waals surface area contributed by atoms with Crippen LogP contribution in [0.4, 0.5) is 0 Å². The molecule has 3 nitrogen and oxygen atoms in total. The van der Waals surface area contributed by atoms with Crippen molar-refractivity contribution < 1.29 is 14.3 Å². The summed E-state index contributed by atoms with van der Waals surface area (Å²) in [6.07, 6.45) is 17.7. The largest absolute Gasteiger partial charge is 0.466 e. The first kappa shape index (κ1) is 17.8. The number of fused-ring (bicyclic) bond motifs is 5. The van der Waals surface area contributed by atoms with Gasteiger partial charge >= 0.3 is 5.97 Å². The van der Waals surface area contributed by atoms with Crippen molar-refractivity contribution in [2.45, 2.75) is 64.7 Å². The van der Waals surface area contributed by atoms with E-state index in [-0.39, 0.29) is 11.4 Å². The van der Waals surface area contributed by atoms with E-state index in [1.165, 1.54) is 38.2 Å². The topological polar surface area (TPSA) is 43.4 Å². The third kappa shape index (κ3) is 2.92. The van der Waals surface area contributed by atoms with Crippen LogP contribution in [0.3, 0.4) is 0 Å². The molecule has 26 heavy (non-hydrogen) atoms. The van der Waals surface area contributed by atoms with Crippen LogP contribution in [0.25, 0.3) is 0 Å². The molecule has 0 aromatic heterocycles. The van der Waals surface area contributed by atoms with Crippen molar-refractivity contribution in [3.05, 3.63) is 11.6 Å². The van der Waals surface area contributed by atoms with Crippen molar-refractivity contribution in [2.24, 2.45) is 35.0 Å². The smallest absolute Gasteiger partial charge is 0.302 e. The molecular formula is C23H30O3. The lowest BCUT2D eigenvalue weighted by Crippen LogP contribution is -2.43. The summed E-state index contributed by atoms with van der Waals surface area (Å²) in [4.78, 5) is 22.9. The summed E-state index contributed by atoms with van der Waals surface area (Å²) in [5.74, 6) is 6.76.